The molecule has 162 valence electrons. The molecule has 2 amide bonds. The van der Waals surface area contributed by atoms with Crippen LogP contribution < -0.4 is 10.2 Å². The number of hydrogen-bond acceptors (Lipinski definition) is 4. The first-order valence-electron chi connectivity index (χ1n) is 10.6. The molecule has 6 nitrogen and oxygen atoms in total. The molecule has 0 aromatic heterocycles. The molecule has 0 aliphatic carbocycles. The Hall–Kier alpha value is -3.14. The van der Waals surface area contributed by atoms with Crippen molar-refractivity contribution in [2.24, 2.45) is 0 Å². The second-order valence-corrected chi connectivity index (χ2v) is 7.06. The number of ether oxygens (including phenoxy) is 2. The number of amides is 2. The average molecular weight is 421 g/mol. The lowest BCUT2D eigenvalue weighted by atomic mass is 10.0. The predicted molar refractivity (Wildman–Crippen MR) is 120 cm³/mol. The molecular formula is C25H28N2O4. The van der Waals surface area contributed by atoms with E-state index in [1.807, 2.05) is 55.5 Å². The van der Waals surface area contributed by atoms with Crippen LogP contribution in [0.25, 0.3) is 0 Å². The van der Waals surface area contributed by atoms with Crippen LogP contribution in [0.15, 0.2) is 48.5 Å². The van der Waals surface area contributed by atoms with Gasteiger partial charge in [0.2, 0.25) is 11.8 Å². The van der Waals surface area contributed by atoms with Crippen molar-refractivity contribution in [2.75, 3.05) is 37.9 Å². The summed E-state index contributed by atoms with van der Waals surface area (Å²) in [6.45, 7) is 4.89. The van der Waals surface area contributed by atoms with Crippen molar-refractivity contribution >= 4 is 17.5 Å². The number of carbonyl (C=O) groups is 2. The third-order valence-corrected chi connectivity index (χ3v) is 4.88. The van der Waals surface area contributed by atoms with Gasteiger partial charge in [-0.15, -0.1) is 0 Å². The fourth-order valence-electron chi connectivity index (χ4n) is 3.28. The molecule has 0 saturated carbocycles. The molecule has 6 heteroatoms. The number of anilines is 1. The normalized spacial score (nSPS) is 12.0. The Morgan fingerprint density at radius 3 is 2.48 bits per heavy atom. The van der Waals surface area contributed by atoms with Crippen LogP contribution in [0, 0.1) is 11.8 Å². The maximum absolute atomic E-state index is 13.1. The Morgan fingerprint density at radius 1 is 0.935 bits per heavy atom. The summed E-state index contributed by atoms with van der Waals surface area (Å²) < 4.78 is 10.6. The lowest BCUT2D eigenvalue weighted by Crippen LogP contribution is -2.34. The molecule has 0 unspecified atom stereocenters. The minimum absolute atomic E-state index is 0.103. The second kappa shape index (κ2) is 11.9. The van der Waals surface area contributed by atoms with E-state index in [1.54, 1.807) is 4.90 Å². The first-order valence-corrected chi connectivity index (χ1v) is 10.6. The summed E-state index contributed by atoms with van der Waals surface area (Å²) >= 11 is 0. The highest BCUT2D eigenvalue weighted by atomic mass is 16.5. The molecule has 0 saturated heterocycles. The van der Waals surface area contributed by atoms with E-state index >= 15 is 0 Å². The Bertz CT molecular complexity index is 961. The summed E-state index contributed by atoms with van der Waals surface area (Å²) in [5.74, 6) is 6.11. The van der Waals surface area contributed by atoms with Gasteiger partial charge in [-0.1, -0.05) is 42.2 Å². The fourth-order valence-corrected chi connectivity index (χ4v) is 3.28. The SMILES string of the molecule is CCOCCOCCNC(=O)CCC(=O)N1Cc2ccccc2C#Cc2ccccc21. The molecule has 0 radical (unpaired) electrons. The van der Waals surface area contributed by atoms with Crippen LogP contribution in [0.4, 0.5) is 5.69 Å². The molecule has 2 aromatic rings. The third-order valence-electron chi connectivity index (χ3n) is 4.88. The van der Waals surface area contributed by atoms with Crippen molar-refractivity contribution in [3.63, 3.8) is 0 Å². The van der Waals surface area contributed by atoms with E-state index < -0.39 is 0 Å². The van der Waals surface area contributed by atoms with E-state index in [0.717, 1.165) is 22.4 Å². The predicted octanol–water partition coefficient (Wildman–Crippen LogP) is 2.88. The van der Waals surface area contributed by atoms with Crippen molar-refractivity contribution < 1.29 is 19.1 Å². The van der Waals surface area contributed by atoms with Crippen molar-refractivity contribution in [3.05, 3.63) is 65.2 Å². The van der Waals surface area contributed by atoms with Crippen molar-refractivity contribution in [3.8, 4) is 11.8 Å². The van der Waals surface area contributed by atoms with E-state index in [1.165, 1.54) is 0 Å². The Labute approximate surface area is 183 Å². The summed E-state index contributed by atoms with van der Waals surface area (Å²) in [6.07, 6.45) is 0.255. The van der Waals surface area contributed by atoms with Gasteiger partial charge in [-0.25, -0.2) is 0 Å². The van der Waals surface area contributed by atoms with E-state index in [9.17, 15) is 9.59 Å². The molecule has 0 fully saturated rings. The van der Waals surface area contributed by atoms with Gasteiger partial charge in [0.25, 0.3) is 0 Å². The molecule has 1 heterocycles. The van der Waals surface area contributed by atoms with Gasteiger partial charge in [0.15, 0.2) is 0 Å². The Balaban J connectivity index is 1.56. The minimum Gasteiger partial charge on any atom is -0.379 e. The van der Waals surface area contributed by atoms with Gasteiger partial charge in [-0.2, -0.15) is 0 Å². The third kappa shape index (κ3) is 6.68. The molecular weight excluding hydrogens is 392 g/mol. The maximum Gasteiger partial charge on any atom is 0.227 e. The van der Waals surface area contributed by atoms with Crippen LogP contribution in [-0.2, 0) is 25.6 Å². The van der Waals surface area contributed by atoms with Crippen LogP contribution in [0.3, 0.4) is 0 Å². The molecule has 1 aliphatic heterocycles. The number of nitrogens with zero attached hydrogens (tertiary/aromatic N) is 1. The van der Waals surface area contributed by atoms with Crippen molar-refractivity contribution in [2.45, 2.75) is 26.3 Å². The Morgan fingerprint density at radius 2 is 1.65 bits per heavy atom. The van der Waals surface area contributed by atoms with Gasteiger partial charge in [0.05, 0.1) is 32.1 Å². The number of fused-ring (bicyclic) bond motifs is 2. The largest absolute Gasteiger partial charge is 0.379 e. The lowest BCUT2D eigenvalue weighted by Gasteiger charge is -2.26. The molecule has 31 heavy (non-hydrogen) atoms. The number of para-hydroxylation sites is 1. The quantitative estimate of drug-likeness (QED) is 0.474. The topological polar surface area (TPSA) is 67.9 Å². The molecule has 0 spiro atoms. The van der Waals surface area contributed by atoms with Crippen molar-refractivity contribution in [1.82, 2.24) is 5.32 Å². The first kappa shape index (κ1) is 22.5. The van der Waals surface area contributed by atoms with E-state index in [2.05, 4.69) is 17.2 Å². The van der Waals surface area contributed by atoms with Gasteiger partial charge in [0.1, 0.15) is 0 Å². The Kier molecular flexibility index (Phi) is 8.65. The van der Waals surface area contributed by atoms with Crippen LogP contribution in [-0.4, -0.2) is 44.8 Å². The summed E-state index contributed by atoms with van der Waals surface area (Å²) in [4.78, 5) is 27.0. The van der Waals surface area contributed by atoms with E-state index in [0.29, 0.717) is 39.5 Å². The number of rotatable bonds is 10. The maximum atomic E-state index is 13.1. The van der Waals surface area contributed by atoms with Gasteiger partial charge in [-0.05, 0) is 30.7 Å². The monoisotopic (exact) mass is 420 g/mol. The van der Waals surface area contributed by atoms with Crippen LogP contribution in [0.2, 0.25) is 0 Å². The number of hydrogen-bond donors (Lipinski definition) is 1. The highest BCUT2D eigenvalue weighted by molar-refractivity contribution is 5.96. The van der Waals surface area contributed by atoms with Gasteiger partial charge >= 0.3 is 0 Å². The minimum atomic E-state index is -0.165. The summed E-state index contributed by atoms with van der Waals surface area (Å²) in [5.41, 5.74) is 3.49. The molecule has 0 atom stereocenters. The number of nitrogens with one attached hydrogen (secondary N) is 1. The van der Waals surface area contributed by atoms with Gasteiger partial charge in [0, 0.05) is 37.1 Å². The molecule has 1 N–H and O–H groups in total. The van der Waals surface area contributed by atoms with Crippen LogP contribution >= 0.6 is 0 Å². The fraction of sp³-hybridized carbons (Fsp3) is 0.360. The lowest BCUT2D eigenvalue weighted by molar-refractivity contribution is -0.125. The zero-order valence-corrected chi connectivity index (χ0v) is 17.9. The first-order chi connectivity index (χ1) is 15.2. The summed E-state index contributed by atoms with van der Waals surface area (Å²) in [5, 5.41) is 2.79. The van der Waals surface area contributed by atoms with Crippen LogP contribution in [0.1, 0.15) is 36.5 Å². The second-order valence-electron chi connectivity index (χ2n) is 7.06. The molecule has 1 aliphatic rings. The highest BCUT2D eigenvalue weighted by Gasteiger charge is 2.21. The molecule has 0 bridgehead atoms. The zero-order valence-electron chi connectivity index (χ0n) is 17.9. The molecule has 2 aromatic carbocycles. The smallest absolute Gasteiger partial charge is 0.227 e. The van der Waals surface area contributed by atoms with Gasteiger partial charge < -0.3 is 19.7 Å². The van der Waals surface area contributed by atoms with E-state index in [4.69, 9.17) is 9.47 Å². The zero-order chi connectivity index (χ0) is 21.9. The molecule has 3 rings (SSSR count). The van der Waals surface area contributed by atoms with Gasteiger partial charge in [-0.3, -0.25) is 9.59 Å². The number of carbonyl (C=O) groups excluding carboxylic acids is 2. The number of benzene rings is 2. The summed E-state index contributed by atoms with van der Waals surface area (Å²) in [7, 11) is 0. The van der Waals surface area contributed by atoms with Crippen LogP contribution in [0.5, 0.6) is 0 Å². The highest BCUT2D eigenvalue weighted by Crippen LogP contribution is 2.26. The van der Waals surface area contributed by atoms with E-state index in [-0.39, 0.29) is 24.7 Å². The van der Waals surface area contributed by atoms with Crippen molar-refractivity contribution in [1.29, 1.82) is 0 Å². The summed E-state index contributed by atoms with van der Waals surface area (Å²) in [6, 6.07) is 15.4. The standard InChI is InChI=1S/C25H28N2O4/c1-2-30-17-18-31-16-15-26-24(28)13-14-25(29)27-19-22-9-4-3-7-20(22)11-12-21-8-5-6-10-23(21)27/h3-10H,2,13-19H2,1H3,(H,26,28). The average Bonchev–Trinajstić information content (AvgIpc) is 2.78.